The van der Waals surface area contributed by atoms with Gasteiger partial charge in [-0.1, -0.05) is 0 Å². The summed E-state index contributed by atoms with van der Waals surface area (Å²) in [4.78, 5) is 29.0. The van der Waals surface area contributed by atoms with Crippen molar-refractivity contribution in [3.63, 3.8) is 0 Å². The highest BCUT2D eigenvalue weighted by atomic mass is 19.1. The Morgan fingerprint density at radius 1 is 1.23 bits per heavy atom. The third kappa shape index (κ3) is 2.84. The van der Waals surface area contributed by atoms with Gasteiger partial charge in [0.2, 0.25) is 5.95 Å². The Bertz CT molecular complexity index is 705. The van der Waals surface area contributed by atoms with E-state index in [1.165, 1.54) is 12.4 Å². The molecule has 0 atom stereocenters. The summed E-state index contributed by atoms with van der Waals surface area (Å²) in [6.45, 7) is 2.37. The molecule has 1 fully saturated rings. The lowest BCUT2D eigenvalue weighted by Crippen LogP contribution is -2.37. The molecule has 0 aliphatic carbocycles. The van der Waals surface area contributed by atoms with Crippen LogP contribution in [0.4, 0.5) is 10.3 Å². The minimum Gasteiger partial charge on any atom is -0.378 e. The third-order valence-corrected chi connectivity index (χ3v) is 3.15. The van der Waals surface area contributed by atoms with Crippen LogP contribution in [0.1, 0.15) is 10.5 Å². The molecule has 2 aromatic rings. The number of anilines is 1. The normalized spacial score (nSPS) is 14.9. The fourth-order valence-corrected chi connectivity index (χ4v) is 2.05. The monoisotopic (exact) mass is 304 g/mol. The highest BCUT2D eigenvalue weighted by molar-refractivity contribution is 5.90. The number of nitrogens with two attached hydrogens (primary N) is 1. The summed E-state index contributed by atoms with van der Waals surface area (Å²) in [7, 11) is 0. The summed E-state index contributed by atoms with van der Waals surface area (Å²) >= 11 is 0. The largest absolute Gasteiger partial charge is 0.378 e. The molecule has 2 aromatic heterocycles. The van der Waals surface area contributed by atoms with Crippen LogP contribution in [0.5, 0.6) is 0 Å². The topological polar surface area (TPSA) is 107 Å². The van der Waals surface area contributed by atoms with Crippen molar-refractivity contribution in [2.75, 3.05) is 31.2 Å². The van der Waals surface area contributed by atoms with E-state index in [1.807, 2.05) is 4.90 Å². The molecule has 0 saturated carbocycles. The third-order valence-electron chi connectivity index (χ3n) is 3.15. The quantitative estimate of drug-likeness (QED) is 0.851. The van der Waals surface area contributed by atoms with E-state index in [0.29, 0.717) is 32.3 Å². The maximum atomic E-state index is 14.0. The van der Waals surface area contributed by atoms with Gasteiger partial charge in [0.25, 0.3) is 5.91 Å². The van der Waals surface area contributed by atoms with Gasteiger partial charge in [0.15, 0.2) is 5.82 Å². The zero-order valence-electron chi connectivity index (χ0n) is 11.6. The van der Waals surface area contributed by atoms with E-state index in [0.717, 1.165) is 6.20 Å². The SMILES string of the molecule is NC(=O)c1cncc(-c2nc(N3CCOCC3)ncc2F)n1. The second-order valence-corrected chi connectivity index (χ2v) is 4.62. The summed E-state index contributed by atoms with van der Waals surface area (Å²) in [6, 6.07) is 0. The molecule has 1 saturated heterocycles. The molecule has 2 N–H and O–H groups in total. The molecule has 114 valence electrons. The minimum absolute atomic E-state index is 0.0212. The number of carbonyl (C=O) groups is 1. The molecule has 0 unspecified atom stereocenters. The predicted molar refractivity (Wildman–Crippen MR) is 74.6 cm³/mol. The average molecular weight is 304 g/mol. The highest BCUT2D eigenvalue weighted by Crippen LogP contribution is 2.20. The minimum atomic E-state index is -0.739. The number of carbonyl (C=O) groups excluding carboxylic acids is 1. The molecular formula is C13H13FN6O2. The van der Waals surface area contributed by atoms with Crippen LogP contribution >= 0.6 is 0 Å². The zero-order chi connectivity index (χ0) is 15.5. The van der Waals surface area contributed by atoms with Crippen molar-refractivity contribution in [1.29, 1.82) is 0 Å². The molecule has 1 amide bonds. The number of hydrogen-bond donors (Lipinski definition) is 1. The van der Waals surface area contributed by atoms with Gasteiger partial charge in [-0.05, 0) is 0 Å². The number of rotatable bonds is 3. The van der Waals surface area contributed by atoms with Crippen molar-refractivity contribution in [3.8, 4) is 11.4 Å². The Labute approximate surface area is 125 Å². The molecule has 1 aliphatic rings. The van der Waals surface area contributed by atoms with Gasteiger partial charge in [-0.2, -0.15) is 0 Å². The molecule has 1 aliphatic heterocycles. The van der Waals surface area contributed by atoms with E-state index in [1.54, 1.807) is 0 Å². The summed E-state index contributed by atoms with van der Waals surface area (Å²) in [5.41, 5.74) is 5.21. The van der Waals surface area contributed by atoms with Crippen LogP contribution in [-0.2, 0) is 4.74 Å². The number of aromatic nitrogens is 4. The average Bonchev–Trinajstić information content (AvgIpc) is 2.56. The summed E-state index contributed by atoms with van der Waals surface area (Å²) < 4.78 is 19.3. The predicted octanol–water partition coefficient (Wildman–Crippen LogP) is 0.00820. The molecule has 3 heterocycles. The number of amides is 1. The van der Waals surface area contributed by atoms with Crippen molar-refractivity contribution in [2.45, 2.75) is 0 Å². The van der Waals surface area contributed by atoms with Gasteiger partial charge >= 0.3 is 0 Å². The highest BCUT2D eigenvalue weighted by Gasteiger charge is 2.18. The second kappa shape index (κ2) is 5.98. The van der Waals surface area contributed by atoms with Crippen molar-refractivity contribution >= 4 is 11.9 Å². The van der Waals surface area contributed by atoms with Gasteiger partial charge in [0.1, 0.15) is 17.1 Å². The number of halogens is 1. The van der Waals surface area contributed by atoms with Crippen LogP contribution in [0.2, 0.25) is 0 Å². The van der Waals surface area contributed by atoms with Crippen molar-refractivity contribution < 1.29 is 13.9 Å². The Balaban J connectivity index is 1.99. The first kappa shape index (κ1) is 14.3. The molecule has 8 nitrogen and oxygen atoms in total. The fraction of sp³-hybridized carbons (Fsp3) is 0.308. The lowest BCUT2D eigenvalue weighted by molar-refractivity contribution is 0.0995. The first-order valence-corrected chi connectivity index (χ1v) is 6.62. The van der Waals surface area contributed by atoms with Crippen LogP contribution in [0.3, 0.4) is 0 Å². The molecule has 0 bridgehead atoms. The Hall–Kier alpha value is -2.68. The fourth-order valence-electron chi connectivity index (χ4n) is 2.05. The van der Waals surface area contributed by atoms with E-state index in [9.17, 15) is 9.18 Å². The Morgan fingerprint density at radius 3 is 2.73 bits per heavy atom. The number of nitrogens with zero attached hydrogens (tertiary/aromatic N) is 5. The first-order valence-electron chi connectivity index (χ1n) is 6.62. The van der Waals surface area contributed by atoms with Crippen LogP contribution in [-0.4, -0.2) is 52.1 Å². The molecule has 0 aromatic carbocycles. The van der Waals surface area contributed by atoms with Gasteiger partial charge in [-0.15, -0.1) is 0 Å². The number of morpholine rings is 1. The summed E-state index contributed by atoms with van der Waals surface area (Å²) in [5, 5.41) is 0. The van der Waals surface area contributed by atoms with E-state index < -0.39 is 11.7 Å². The van der Waals surface area contributed by atoms with Gasteiger partial charge in [0.05, 0.1) is 31.8 Å². The summed E-state index contributed by atoms with van der Waals surface area (Å²) in [6.07, 6.45) is 3.61. The lowest BCUT2D eigenvalue weighted by atomic mass is 10.3. The Kier molecular flexibility index (Phi) is 3.88. The maximum Gasteiger partial charge on any atom is 0.268 e. The van der Waals surface area contributed by atoms with E-state index in [-0.39, 0.29) is 17.1 Å². The number of ether oxygens (including phenoxy) is 1. The first-order chi connectivity index (χ1) is 10.6. The van der Waals surface area contributed by atoms with E-state index in [4.69, 9.17) is 10.5 Å². The second-order valence-electron chi connectivity index (χ2n) is 4.62. The van der Waals surface area contributed by atoms with Crippen molar-refractivity contribution in [1.82, 2.24) is 19.9 Å². The standard InChI is InChI=1S/C13H13FN6O2/c14-8-5-17-13(20-1-3-22-4-2-20)19-11(8)9-6-16-7-10(18-9)12(15)21/h5-7H,1-4H2,(H2,15,21). The van der Waals surface area contributed by atoms with Crippen LogP contribution in [0.25, 0.3) is 11.4 Å². The van der Waals surface area contributed by atoms with Crippen LogP contribution < -0.4 is 10.6 Å². The van der Waals surface area contributed by atoms with E-state index >= 15 is 0 Å². The molecule has 9 heteroatoms. The summed E-state index contributed by atoms with van der Waals surface area (Å²) in [5.74, 6) is -1.00. The Morgan fingerprint density at radius 2 is 2.00 bits per heavy atom. The van der Waals surface area contributed by atoms with Gasteiger partial charge in [0, 0.05) is 13.1 Å². The van der Waals surface area contributed by atoms with Gasteiger partial charge in [-0.25, -0.2) is 19.3 Å². The molecule has 3 rings (SSSR count). The maximum absolute atomic E-state index is 14.0. The molecule has 0 spiro atoms. The number of primary amides is 1. The number of hydrogen-bond acceptors (Lipinski definition) is 7. The van der Waals surface area contributed by atoms with Gasteiger partial charge in [-0.3, -0.25) is 9.78 Å². The van der Waals surface area contributed by atoms with Crippen molar-refractivity contribution in [2.24, 2.45) is 5.73 Å². The van der Waals surface area contributed by atoms with Gasteiger partial charge < -0.3 is 15.4 Å². The van der Waals surface area contributed by atoms with Crippen LogP contribution in [0, 0.1) is 5.82 Å². The lowest BCUT2D eigenvalue weighted by Gasteiger charge is -2.26. The zero-order valence-corrected chi connectivity index (χ0v) is 11.6. The van der Waals surface area contributed by atoms with Crippen molar-refractivity contribution in [3.05, 3.63) is 30.1 Å². The van der Waals surface area contributed by atoms with E-state index in [2.05, 4.69) is 19.9 Å². The smallest absolute Gasteiger partial charge is 0.268 e. The molecule has 0 radical (unpaired) electrons. The molecular weight excluding hydrogens is 291 g/mol. The van der Waals surface area contributed by atoms with Crippen LogP contribution in [0.15, 0.2) is 18.6 Å². The molecule has 22 heavy (non-hydrogen) atoms.